The van der Waals surface area contributed by atoms with Crippen molar-refractivity contribution in [3.05, 3.63) is 131 Å². The van der Waals surface area contributed by atoms with Gasteiger partial charge >= 0.3 is 12.0 Å². The fourth-order valence-electron chi connectivity index (χ4n) is 6.86. The number of nitrogens with zero attached hydrogens (tertiary/aromatic N) is 2. The Hall–Kier alpha value is -4.58. The topological polar surface area (TPSA) is 113 Å². The summed E-state index contributed by atoms with van der Waals surface area (Å²) in [7, 11) is 0. The van der Waals surface area contributed by atoms with Crippen molar-refractivity contribution in [1.82, 2.24) is 20.4 Å². The molecule has 0 radical (unpaired) electrons. The van der Waals surface area contributed by atoms with Crippen LogP contribution in [0, 0.1) is 5.92 Å². The van der Waals surface area contributed by atoms with Crippen LogP contribution >= 0.6 is 0 Å². The maximum absolute atomic E-state index is 12.2. The number of piperazine rings is 1. The van der Waals surface area contributed by atoms with Crippen LogP contribution in [-0.2, 0) is 38.7 Å². The fourth-order valence-corrected chi connectivity index (χ4v) is 6.86. The first kappa shape index (κ1) is 37.2. The summed E-state index contributed by atoms with van der Waals surface area (Å²) in [6, 6.07) is 34.5. The highest BCUT2D eigenvalue weighted by Gasteiger charge is 2.39. The van der Waals surface area contributed by atoms with Gasteiger partial charge in [0.25, 0.3) is 0 Å². The first-order chi connectivity index (χ1) is 25.4. The van der Waals surface area contributed by atoms with Crippen molar-refractivity contribution in [3.63, 3.8) is 0 Å². The molecule has 2 saturated heterocycles. The number of benzene rings is 4. The summed E-state index contributed by atoms with van der Waals surface area (Å²) in [6.07, 6.45) is -0.754. The zero-order valence-corrected chi connectivity index (χ0v) is 30.1. The predicted octanol–water partition coefficient (Wildman–Crippen LogP) is 5.82. The summed E-state index contributed by atoms with van der Waals surface area (Å²) in [6.45, 7) is 10.2. The van der Waals surface area contributed by atoms with Crippen LogP contribution in [0.15, 0.2) is 103 Å². The van der Waals surface area contributed by atoms with E-state index in [2.05, 4.69) is 94.1 Å². The maximum Gasteiger partial charge on any atom is 0.325 e. The van der Waals surface area contributed by atoms with Gasteiger partial charge in [0.1, 0.15) is 6.54 Å². The summed E-state index contributed by atoms with van der Waals surface area (Å²) in [5.74, 6) is -0.362. The molecule has 2 aliphatic rings. The van der Waals surface area contributed by atoms with Crippen molar-refractivity contribution in [3.8, 4) is 11.1 Å². The second-order valence-corrected chi connectivity index (χ2v) is 13.5. The van der Waals surface area contributed by atoms with E-state index in [-0.39, 0.29) is 37.9 Å². The zero-order chi connectivity index (χ0) is 36.3. The molecule has 4 aromatic carbocycles. The number of rotatable bonds is 13. The molecular weight excluding hydrogens is 656 g/mol. The van der Waals surface area contributed by atoms with Crippen LogP contribution in [0.1, 0.15) is 54.1 Å². The molecule has 0 unspecified atom stereocenters. The number of esters is 1. The first-order valence-electron chi connectivity index (χ1n) is 18.2. The van der Waals surface area contributed by atoms with Crippen LogP contribution in [0.3, 0.4) is 0 Å². The van der Waals surface area contributed by atoms with Crippen molar-refractivity contribution in [1.29, 1.82) is 0 Å². The quantitative estimate of drug-likeness (QED) is 0.149. The van der Waals surface area contributed by atoms with Crippen molar-refractivity contribution < 1.29 is 28.9 Å². The Labute approximate surface area is 306 Å². The standard InChI is InChI=1S/C42H50N4O6/c1-3-50-39(48)26-44-42(49)43-25-33-10-7-11-37(24-33)34-16-18-36(19-17-34)41-51-38(30(2)40(52-41)35-14-12-32(29-47)13-15-35)28-46-22-20-45(21-23-46)27-31-8-5-4-6-9-31/h4-19,24,30,38,40-41,47H,3,20-23,25-29H2,1-2H3,(H2,43,44,49)/t30-,38+,40+,41+/m0/s1. The molecule has 4 aromatic rings. The van der Waals surface area contributed by atoms with E-state index < -0.39 is 18.3 Å². The van der Waals surface area contributed by atoms with E-state index in [9.17, 15) is 14.7 Å². The van der Waals surface area contributed by atoms with Gasteiger partial charge in [-0.15, -0.1) is 0 Å². The minimum Gasteiger partial charge on any atom is -0.465 e. The molecule has 0 bridgehead atoms. The van der Waals surface area contributed by atoms with Gasteiger partial charge in [-0.2, -0.15) is 0 Å². The minimum absolute atomic E-state index is 0.00416. The lowest BCUT2D eigenvalue weighted by molar-refractivity contribution is -0.276. The molecule has 2 heterocycles. The molecule has 6 rings (SSSR count). The summed E-state index contributed by atoms with van der Waals surface area (Å²) in [5.41, 5.74) is 7.22. The van der Waals surface area contributed by atoms with Crippen LogP contribution in [-0.4, -0.2) is 78.9 Å². The molecule has 4 atom stereocenters. The summed E-state index contributed by atoms with van der Waals surface area (Å²) in [4.78, 5) is 28.7. The van der Waals surface area contributed by atoms with Crippen molar-refractivity contribution in [2.24, 2.45) is 5.92 Å². The normalized spacial score (nSPS) is 21.0. The van der Waals surface area contributed by atoms with E-state index in [0.29, 0.717) is 6.54 Å². The van der Waals surface area contributed by atoms with Gasteiger partial charge in [0.05, 0.1) is 25.4 Å². The molecule has 0 aromatic heterocycles. The zero-order valence-electron chi connectivity index (χ0n) is 30.1. The van der Waals surface area contributed by atoms with Crippen molar-refractivity contribution in [2.45, 2.75) is 52.0 Å². The number of urea groups is 1. The molecule has 52 heavy (non-hydrogen) atoms. The molecule has 0 saturated carbocycles. The maximum atomic E-state index is 12.2. The molecule has 10 heteroatoms. The third-order valence-corrected chi connectivity index (χ3v) is 9.87. The van der Waals surface area contributed by atoms with Gasteiger partial charge in [0.15, 0.2) is 6.29 Å². The monoisotopic (exact) mass is 706 g/mol. The van der Waals surface area contributed by atoms with E-state index in [4.69, 9.17) is 14.2 Å². The number of ether oxygens (including phenoxy) is 3. The highest BCUT2D eigenvalue weighted by molar-refractivity contribution is 5.80. The molecule has 0 aliphatic carbocycles. The number of carbonyl (C=O) groups is 2. The van der Waals surface area contributed by atoms with Gasteiger partial charge in [0.2, 0.25) is 0 Å². The number of hydrogen-bond acceptors (Lipinski definition) is 8. The Morgan fingerprint density at radius 1 is 0.769 bits per heavy atom. The lowest BCUT2D eigenvalue weighted by Gasteiger charge is -2.44. The van der Waals surface area contributed by atoms with Crippen molar-refractivity contribution >= 4 is 12.0 Å². The van der Waals surface area contributed by atoms with Gasteiger partial charge in [0, 0.05) is 57.3 Å². The van der Waals surface area contributed by atoms with Gasteiger partial charge in [-0.05, 0) is 46.4 Å². The highest BCUT2D eigenvalue weighted by atomic mass is 16.7. The molecule has 3 N–H and O–H groups in total. The molecular formula is C42H50N4O6. The van der Waals surface area contributed by atoms with Gasteiger partial charge in [-0.1, -0.05) is 104 Å². The average molecular weight is 707 g/mol. The third-order valence-electron chi connectivity index (χ3n) is 9.87. The first-order valence-corrected chi connectivity index (χ1v) is 18.2. The number of carbonyl (C=O) groups excluding carboxylic acids is 2. The van der Waals surface area contributed by atoms with Gasteiger partial charge in [-0.3, -0.25) is 14.6 Å². The fraction of sp³-hybridized carbons (Fsp3) is 0.381. The number of aliphatic hydroxyl groups excluding tert-OH is 1. The second kappa shape index (κ2) is 18.3. The lowest BCUT2D eigenvalue weighted by atomic mass is 9.89. The van der Waals surface area contributed by atoms with E-state index in [1.54, 1.807) is 6.92 Å². The Kier molecular flexibility index (Phi) is 13.1. The third kappa shape index (κ3) is 10.1. The van der Waals surface area contributed by atoms with Gasteiger partial charge < -0.3 is 30.0 Å². The van der Waals surface area contributed by atoms with Crippen molar-refractivity contribution in [2.75, 3.05) is 45.9 Å². The van der Waals surface area contributed by atoms with Gasteiger partial charge in [-0.25, -0.2) is 4.79 Å². The SMILES string of the molecule is CCOC(=O)CNC(=O)NCc1cccc(-c2ccc([C@@H]3O[C@H](CN4CCN(Cc5ccccc5)CC4)[C@H](C)[C@H](c4ccc(CO)cc4)O3)cc2)c1. The molecule has 2 fully saturated rings. The summed E-state index contributed by atoms with van der Waals surface area (Å²) >= 11 is 0. The molecule has 0 spiro atoms. The Morgan fingerprint density at radius 2 is 1.46 bits per heavy atom. The molecule has 274 valence electrons. The Balaban J connectivity index is 1.11. The number of nitrogens with one attached hydrogen (secondary N) is 2. The van der Waals surface area contributed by atoms with Crippen LogP contribution in [0.4, 0.5) is 4.79 Å². The second-order valence-electron chi connectivity index (χ2n) is 13.5. The van der Waals surface area contributed by atoms with E-state index in [0.717, 1.165) is 72.6 Å². The van der Waals surface area contributed by atoms with E-state index >= 15 is 0 Å². The predicted molar refractivity (Wildman–Crippen MR) is 200 cm³/mol. The highest BCUT2D eigenvalue weighted by Crippen LogP contribution is 2.42. The summed E-state index contributed by atoms with van der Waals surface area (Å²) in [5, 5.41) is 14.9. The molecule has 2 amide bonds. The average Bonchev–Trinajstić information content (AvgIpc) is 3.18. The smallest absolute Gasteiger partial charge is 0.325 e. The Bertz CT molecular complexity index is 1730. The Morgan fingerprint density at radius 3 is 2.17 bits per heavy atom. The van der Waals surface area contributed by atoms with E-state index in [1.165, 1.54) is 5.56 Å². The largest absolute Gasteiger partial charge is 0.465 e. The minimum atomic E-state index is -0.541. The molecule has 10 nitrogen and oxygen atoms in total. The van der Waals surface area contributed by atoms with Crippen LogP contribution < -0.4 is 10.6 Å². The summed E-state index contributed by atoms with van der Waals surface area (Å²) < 4.78 is 18.4. The van der Waals surface area contributed by atoms with Crippen LogP contribution in [0.25, 0.3) is 11.1 Å². The number of hydrogen-bond donors (Lipinski definition) is 3. The molecule has 2 aliphatic heterocycles. The number of aliphatic hydroxyl groups is 1. The lowest BCUT2D eigenvalue weighted by Crippen LogP contribution is -2.51. The van der Waals surface area contributed by atoms with Crippen LogP contribution in [0.5, 0.6) is 0 Å². The number of amides is 2. The van der Waals surface area contributed by atoms with E-state index in [1.807, 2.05) is 36.4 Å². The van der Waals surface area contributed by atoms with Crippen LogP contribution in [0.2, 0.25) is 0 Å².